The number of fused-ring (bicyclic) bond motifs is 2. The van der Waals surface area contributed by atoms with Gasteiger partial charge in [-0.3, -0.25) is 4.79 Å². The molecular formula is C30H27FN6O3. The second-order valence-corrected chi connectivity index (χ2v) is 10.8. The highest BCUT2D eigenvalue weighted by atomic mass is 19.1. The van der Waals surface area contributed by atoms with Gasteiger partial charge in [0.1, 0.15) is 11.9 Å². The smallest absolute Gasteiger partial charge is 0.229 e. The van der Waals surface area contributed by atoms with Crippen molar-refractivity contribution in [1.29, 1.82) is 0 Å². The summed E-state index contributed by atoms with van der Waals surface area (Å²) in [6, 6.07) is 15.5. The lowest BCUT2D eigenvalue weighted by Gasteiger charge is -2.23. The molecule has 3 saturated carbocycles. The highest BCUT2D eigenvalue weighted by Gasteiger charge is 2.75. The van der Waals surface area contributed by atoms with E-state index in [0.29, 0.717) is 23.4 Å². The van der Waals surface area contributed by atoms with E-state index < -0.39 is 23.7 Å². The van der Waals surface area contributed by atoms with Gasteiger partial charge in [-0.2, -0.15) is 0 Å². The maximum atomic E-state index is 13.8. The van der Waals surface area contributed by atoms with Gasteiger partial charge in [0.05, 0.1) is 23.9 Å². The molecule has 0 aliphatic heterocycles. The van der Waals surface area contributed by atoms with Gasteiger partial charge in [0, 0.05) is 30.5 Å². The van der Waals surface area contributed by atoms with E-state index in [9.17, 15) is 19.4 Å². The van der Waals surface area contributed by atoms with E-state index >= 15 is 0 Å². The van der Waals surface area contributed by atoms with E-state index in [1.807, 2.05) is 36.4 Å². The van der Waals surface area contributed by atoms with Crippen LogP contribution >= 0.6 is 0 Å². The first kappa shape index (κ1) is 24.7. The molecule has 1 amide bonds. The lowest BCUT2D eigenvalue weighted by atomic mass is 9.98. The van der Waals surface area contributed by atoms with Crippen LogP contribution in [0.5, 0.6) is 0 Å². The molecule has 3 aliphatic rings. The van der Waals surface area contributed by atoms with Gasteiger partial charge in [0.2, 0.25) is 11.7 Å². The third-order valence-electron chi connectivity index (χ3n) is 8.55. The number of benzene rings is 2. The Morgan fingerprint density at radius 2 is 1.95 bits per heavy atom. The average Bonchev–Trinajstić information content (AvgIpc) is 3.85. The van der Waals surface area contributed by atoms with Crippen LogP contribution in [-0.2, 0) is 4.79 Å². The van der Waals surface area contributed by atoms with Crippen molar-refractivity contribution in [2.45, 2.75) is 43.1 Å². The van der Waals surface area contributed by atoms with Crippen LogP contribution in [0.15, 0.2) is 60.9 Å². The van der Waals surface area contributed by atoms with Crippen molar-refractivity contribution in [1.82, 2.24) is 24.8 Å². The number of amides is 1. The van der Waals surface area contributed by atoms with Crippen LogP contribution in [0.3, 0.4) is 0 Å². The van der Waals surface area contributed by atoms with Gasteiger partial charge in [-0.05, 0) is 48.6 Å². The highest BCUT2D eigenvalue weighted by molar-refractivity contribution is 5.88. The quantitative estimate of drug-likeness (QED) is 0.288. The molecule has 2 aromatic heterocycles. The van der Waals surface area contributed by atoms with E-state index in [0.717, 1.165) is 17.5 Å². The summed E-state index contributed by atoms with van der Waals surface area (Å²) in [5.74, 6) is 6.21. The van der Waals surface area contributed by atoms with Crippen LogP contribution in [0.1, 0.15) is 41.8 Å². The minimum Gasteiger partial charge on any atom is -0.389 e. The lowest BCUT2D eigenvalue weighted by molar-refractivity contribution is -0.132. The molecule has 0 radical (unpaired) electrons. The van der Waals surface area contributed by atoms with Crippen molar-refractivity contribution in [3.05, 3.63) is 83.7 Å². The first-order chi connectivity index (χ1) is 19.4. The Balaban J connectivity index is 1.27. The topological polar surface area (TPSA) is 125 Å². The molecule has 4 N–H and O–H groups in total. The van der Waals surface area contributed by atoms with E-state index in [4.69, 9.17) is 4.98 Å². The van der Waals surface area contributed by atoms with Crippen LogP contribution in [0.4, 0.5) is 10.2 Å². The fourth-order valence-electron chi connectivity index (χ4n) is 6.36. The van der Waals surface area contributed by atoms with Crippen LogP contribution in [0.25, 0.3) is 11.2 Å². The number of anilines is 1. The number of aromatic nitrogens is 4. The largest absolute Gasteiger partial charge is 0.389 e. The van der Waals surface area contributed by atoms with Crippen molar-refractivity contribution in [3.63, 3.8) is 0 Å². The first-order valence-electron chi connectivity index (χ1n) is 13.3. The average molecular weight is 539 g/mol. The summed E-state index contributed by atoms with van der Waals surface area (Å²) in [5.41, 5.74) is 1.65. The zero-order valence-electron chi connectivity index (χ0n) is 21.6. The Kier molecular flexibility index (Phi) is 5.63. The first-order valence-corrected chi connectivity index (χ1v) is 13.3. The molecule has 0 bridgehead atoms. The number of hydrogen-bond acceptors (Lipinski definition) is 7. The molecule has 7 atom stereocenters. The normalized spacial score (nSPS) is 29.8. The number of rotatable bonds is 5. The monoisotopic (exact) mass is 538 g/mol. The van der Waals surface area contributed by atoms with E-state index in [1.165, 1.54) is 13.1 Å². The third-order valence-corrected chi connectivity index (χ3v) is 8.55. The number of aliphatic hydroxyl groups is 2. The fraction of sp³-hybridized carbons (Fsp3) is 0.333. The molecule has 2 heterocycles. The number of nitrogens with one attached hydrogen (secondary N) is 2. The summed E-state index contributed by atoms with van der Waals surface area (Å²) in [5, 5.41) is 28.0. The van der Waals surface area contributed by atoms with Gasteiger partial charge in [-0.1, -0.05) is 36.3 Å². The fourth-order valence-corrected chi connectivity index (χ4v) is 6.36. The Hall–Kier alpha value is -4.33. The maximum Gasteiger partial charge on any atom is 0.229 e. The second-order valence-electron chi connectivity index (χ2n) is 10.8. The van der Waals surface area contributed by atoms with Crippen molar-refractivity contribution in [2.24, 2.45) is 11.3 Å². The van der Waals surface area contributed by atoms with Crippen molar-refractivity contribution in [2.75, 3.05) is 12.4 Å². The van der Waals surface area contributed by atoms with E-state index in [2.05, 4.69) is 32.4 Å². The summed E-state index contributed by atoms with van der Waals surface area (Å²) in [6.45, 7) is 0. The van der Waals surface area contributed by atoms with E-state index in [-0.39, 0.29) is 35.4 Å². The molecule has 0 spiro atoms. The van der Waals surface area contributed by atoms with Crippen LogP contribution in [0.2, 0.25) is 0 Å². The molecular weight excluding hydrogens is 511 g/mol. The van der Waals surface area contributed by atoms with Crippen LogP contribution in [-0.4, -0.2) is 60.9 Å². The Labute approximate surface area is 229 Å². The van der Waals surface area contributed by atoms with Gasteiger partial charge < -0.3 is 25.4 Å². The summed E-state index contributed by atoms with van der Waals surface area (Å²) >= 11 is 0. The highest BCUT2D eigenvalue weighted by Crippen LogP contribution is 2.67. The molecule has 40 heavy (non-hydrogen) atoms. The molecule has 3 fully saturated rings. The molecule has 10 heteroatoms. The Morgan fingerprint density at radius 1 is 1.12 bits per heavy atom. The number of imidazole rings is 1. The molecule has 4 unspecified atom stereocenters. The minimum atomic E-state index is -1.20. The maximum absolute atomic E-state index is 13.8. The number of hydrogen-bond donors (Lipinski definition) is 4. The van der Waals surface area contributed by atoms with Gasteiger partial charge in [0.15, 0.2) is 17.0 Å². The molecule has 3 aliphatic carbocycles. The molecule has 7 rings (SSSR count). The number of aliphatic hydroxyl groups excluding tert-OH is 2. The van der Waals surface area contributed by atoms with Crippen LogP contribution in [0, 0.1) is 29.0 Å². The molecule has 202 valence electrons. The Morgan fingerprint density at radius 3 is 2.73 bits per heavy atom. The molecule has 0 saturated heterocycles. The third kappa shape index (κ3) is 3.85. The van der Waals surface area contributed by atoms with E-state index in [1.54, 1.807) is 23.0 Å². The predicted octanol–water partition coefficient (Wildman–Crippen LogP) is 2.36. The SMILES string of the molecule is CNC(=O)[C@]12CC1[C@@H](n1cnc3c(NC4CC4c4cccc(F)c4)nc(C#Cc4ccccc4)nc31)[C@H](O)C2O. The molecule has 4 aromatic rings. The van der Waals surface area contributed by atoms with Gasteiger partial charge >= 0.3 is 0 Å². The number of carbonyl (C=O) groups is 1. The van der Waals surface area contributed by atoms with Gasteiger partial charge in [-0.15, -0.1) is 0 Å². The molecule has 9 nitrogen and oxygen atoms in total. The van der Waals surface area contributed by atoms with Gasteiger partial charge in [0.25, 0.3) is 0 Å². The van der Waals surface area contributed by atoms with Crippen LogP contribution < -0.4 is 10.6 Å². The number of halogens is 1. The standard InChI is InChI=1S/C30H27FN6O3/c1-32-29(40)30-14-20(30)24(25(38)26(30)39)37-15-33-23-27(34-21-13-19(21)17-8-5-9-18(31)12-17)35-22(36-28(23)37)11-10-16-6-3-2-4-7-16/h2-9,12,15,19-21,24-26,38-39H,13-14H2,1H3,(H,32,40)(H,34,35,36)/t19?,20?,21?,24-,25+,26?,30-/m1/s1. The number of carbonyl (C=O) groups excluding carboxylic acids is 1. The predicted molar refractivity (Wildman–Crippen MR) is 145 cm³/mol. The number of nitrogens with zero attached hydrogens (tertiary/aromatic N) is 4. The zero-order chi connectivity index (χ0) is 27.6. The van der Waals surface area contributed by atoms with Crippen molar-refractivity contribution >= 4 is 22.9 Å². The summed E-state index contributed by atoms with van der Waals surface area (Å²) in [4.78, 5) is 26.6. The second kappa shape index (κ2) is 9.11. The zero-order valence-corrected chi connectivity index (χ0v) is 21.6. The summed E-state index contributed by atoms with van der Waals surface area (Å²) < 4.78 is 15.5. The minimum absolute atomic E-state index is 0.0307. The Bertz CT molecular complexity index is 1700. The summed E-state index contributed by atoms with van der Waals surface area (Å²) in [7, 11) is 1.53. The van der Waals surface area contributed by atoms with Gasteiger partial charge in [-0.25, -0.2) is 19.3 Å². The molecule has 2 aromatic carbocycles. The van der Waals surface area contributed by atoms with Crippen molar-refractivity contribution < 1.29 is 19.4 Å². The summed E-state index contributed by atoms with van der Waals surface area (Å²) in [6.07, 6.45) is 0.484. The van der Waals surface area contributed by atoms with Crippen molar-refractivity contribution in [3.8, 4) is 11.8 Å². The lowest BCUT2D eigenvalue weighted by Crippen LogP contribution is -2.41.